The van der Waals surface area contributed by atoms with Crippen LogP contribution in [0.25, 0.3) is 0 Å². The van der Waals surface area contributed by atoms with Crippen molar-refractivity contribution in [1.82, 2.24) is 9.03 Å². The van der Waals surface area contributed by atoms with Crippen molar-refractivity contribution >= 4 is 26.1 Å². The lowest BCUT2D eigenvalue weighted by Gasteiger charge is -2.23. The minimum absolute atomic E-state index is 0.235. The summed E-state index contributed by atoms with van der Waals surface area (Å²) < 4.78 is 30.1. The van der Waals surface area contributed by atoms with Gasteiger partial charge in [0.25, 0.3) is 10.2 Å². The maximum atomic E-state index is 12.4. The summed E-state index contributed by atoms with van der Waals surface area (Å²) in [4.78, 5) is 0. The SMILES string of the molecule is CC(NS(=O)(=O)N1CCCCCC1)c1cccc(Br)c1. The molecule has 112 valence electrons. The maximum absolute atomic E-state index is 12.4. The van der Waals surface area contributed by atoms with Gasteiger partial charge in [-0.2, -0.15) is 17.4 Å². The van der Waals surface area contributed by atoms with Gasteiger partial charge in [-0.15, -0.1) is 0 Å². The van der Waals surface area contributed by atoms with Crippen LogP contribution in [0.3, 0.4) is 0 Å². The van der Waals surface area contributed by atoms with Crippen LogP contribution in [0.15, 0.2) is 28.7 Å². The van der Waals surface area contributed by atoms with Crippen molar-refractivity contribution in [2.75, 3.05) is 13.1 Å². The Balaban J connectivity index is 2.07. The molecule has 1 aliphatic rings. The molecule has 4 nitrogen and oxygen atoms in total. The topological polar surface area (TPSA) is 49.4 Å². The van der Waals surface area contributed by atoms with Crippen LogP contribution in [-0.2, 0) is 10.2 Å². The lowest BCUT2D eigenvalue weighted by molar-refractivity contribution is 0.410. The number of hydrogen-bond donors (Lipinski definition) is 1. The van der Waals surface area contributed by atoms with Crippen molar-refractivity contribution in [3.8, 4) is 0 Å². The Hall–Kier alpha value is -0.430. The molecule has 20 heavy (non-hydrogen) atoms. The summed E-state index contributed by atoms with van der Waals surface area (Å²) in [5.74, 6) is 0. The lowest BCUT2D eigenvalue weighted by atomic mass is 10.1. The van der Waals surface area contributed by atoms with Crippen LogP contribution in [0.2, 0.25) is 0 Å². The van der Waals surface area contributed by atoms with Crippen LogP contribution >= 0.6 is 15.9 Å². The highest BCUT2D eigenvalue weighted by Gasteiger charge is 2.24. The molecule has 1 atom stereocenters. The van der Waals surface area contributed by atoms with E-state index in [-0.39, 0.29) is 6.04 Å². The van der Waals surface area contributed by atoms with E-state index < -0.39 is 10.2 Å². The molecule has 0 amide bonds. The molecule has 1 aromatic rings. The van der Waals surface area contributed by atoms with E-state index in [0.717, 1.165) is 35.7 Å². The van der Waals surface area contributed by atoms with Crippen LogP contribution in [0.5, 0.6) is 0 Å². The average Bonchev–Trinajstić information content (AvgIpc) is 2.67. The van der Waals surface area contributed by atoms with E-state index in [4.69, 9.17) is 0 Å². The number of nitrogens with one attached hydrogen (secondary N) is 1. The third-order valence-electron chi connectivity index (χ3n) is 3.58. The standard InChI is InChI=1S/C14H21BrN2O2S/c1-12(13-7-6-8-14(15)11-13)16-20(18,19)17-9-4-2-3-5-10-17/h6-8,11-12,16H,2-5,9-10H2,1H3. The van der Waals surface area contributed by atoms with Crippen molar-refractivity contribution < 1.29 is 8.42 Å². The van der Waals surface area contributed by atoms with Gasteiger partial charge in [-0.05, 0) is 37.5 Å². The first kappa shape index (κ1) is 15.9. The van der Waals surface area contributed by atoms with Gasteiger partial charge < -0.3 is 0 Å². The predicted molar refractivity (Wildman–Crippen MR) is 84.7 cm³/mol. The Labute approximate surface area is 129 Å². The first-order valence-electron chi connectivity index (χ1n) is 7.02. The van der Waals surface area contributed by atoms with Crippen LogP contribution in [-0.4, -0.2) is 25.8 Å². The fraction of sp³-hybridized carbons (Fsp3) is 0.571. The molecule has 0 saturated carbocycles. The molecule has 6 heteroatoms. The third-order valence-corrected chi connectivity index (χ3v) is 5.77. The van der Waals surface area contributed by atoms with Gasteiger partial charge in [0.1, 0.15) is 0 Å². The fourth-order valence-corrected chi connectivity index (χ4v) is 4.31. The molecule has 2 rings (SSSR count). The summed E-state index contributed by atoms with van der Waals surface area (Å²) in [5.41, 5.74) is 0.956. The average molecular weight is 361 g/mol. The highest BCUT2D eigenvalue weighted by molar-refractivity contribution is 9.10. The van der Waals surface area contributed by atoms with Gasteiger partial charge in [0.05, 0.1) is 0 Å². The van der Waals surface area contributed by atoms with E-state index >= 15 is 0 Å². The minimum Gasteiger partial charge on any atom is -0.195 e. The molecule has 0 radical (unpaired) electrons. The van der Waals surface area contributed by atoms with Crippen molar-refractivity contribution in [2.24, 2.45) is 0 Å². The van der Waals surface area contributed by atoms with Gasteiger partial charge in [-0.25, -0.2) is 0 Å². The van der Waals surface area contributed by atoms with Gasteiger partial charge >= 0.3 is 0 Å². The van der Waals surface area contributed by atoms with Gasteiger partial charge in [-0.1, -0.05) is 40.9 Å². The highest BCUT2D eigenvalue weighted by atomic mass is 79.9. The Morgan fingerprint density at radius 3 is 2.45 bits per heavy atom. The molecule has 1 N–H and O–H groups in total. The lowest BCUT2D eigenvalue weighted by Crippen LogP contribution is -2.42. The first-order valence-corrected chi connectivity index (χ1v) is 9.25. The van der Waals surface area contributed by atoms with E-state index in [1.807, 2.05) is 31.2 Å². The molecule has 1 heterocycles. The minimum atomic E-state index is -3.40. The molecule has 1 saturated heterocycles. The van der Waals surface area contributed by atoms with Crippen LogP contribution < -0.4 is 4.72 Å². The number of halogens is 1. The van der Waals surface area contributed by atoms with E-state index in [2.05, 4.69) is 20.7 Å². The van der Waals surface area contributed by atoms with E-state index in [0.29, 0.717) is 13.1 Å². The molecular weight excluding hydrogens is 340 g/mol. The molecule has 0 spiro atoms. The second-order valence-corrected chi connectivity index (χ2v) is 7.83. The van der Waals surface area contributed by atoms with E-state index in [1.54, 1.807) is 4.31 Å². The van der Waals surface area contributed by atoms with Crippen molar-refractivity contribution in [1.29, 1.82) is 0 Å². The fourth-order valence-electron chi connectivity index (χ4n) is 2.42. The molecule has 0 aromatic heterocycles. The summed E-state index contributed by atoms with van der Waals surface area (Å²) >= 11 is 3.41. The monoisotopic (exact) mass is 360 g/mol. The molecular formula is C14H21BrN2O2S. The smallest absolute Gasteiger partial charge is 0.195 e. The number of nitrogens with zero attached hydrogens (tertiary/aromatic N) is 1. The largest absolute Gasteiger partial charge is 0.279 e. The van der Waals surface area contributed by atoms with Crippen molar-refractivity contribution in [3.05, 3.63) is 34.3 Å². The van der Waals surface area contributed by atoms with Gasteiger partial charge in [0.2, 0.25) is 0 Å². The second-order valence-electron chi connectivity index (χ2n) is 5.21. The van der Waals surface area contributed by atoms with Gasteiger partial charge in [-0.3, -0.25) is 0 Å². The predicted octanol–water partition coefficient (Wildman–Crippen LogP) is 3.22. The second kappa shape index (κ2) is 7.02. The van der Waals surface area contributed by atoms with Crippen molar-refractivity contribution in [2.45, 2.75) is 38.6 Å². The van der Waals surface area contributed by atoms with Gasteiger partial charge in [0, 0.05) is 23.6 Å². The van der Waals surface area contributed by atoms with Gasteiger partial charge in [0.15, 0.2) is 0 Å². The van der Waals surface area contributed by atoms with E-state index in [9.17, 15) is 8.42 Å². The zero-order chi connectivity index (χ0) is 14.6. The van der Waals surface area contributed by atoms with Crippen LogP contribution in [0.4, 0.5) is 0 Å². The molecule has 1 unspecified atom stereocenters. The summed E-state index contributed by atoms with van der Waals surface area (Å²) in [7, 11) is -3.40. The maximum Gasteiger partial charge on any atom is 0.279 e. The molecule has 0 aliphatic carbocycles. The van der Waals surface area contributed by atoms with Crippen LogP contribution in [0.1, 0.15) is 44.2 Å². The molecule has 1 aliphatic heterocycles. The molecule has 0 bridgehead atoms. The molecule has 1 aromatic carbocycles. The Morgan fingerprint density at radius 1 is 1.20 bits per heavy atom. The summed E-state index contributed by atoms with van der Waals surface area (Å²) in [6, 6.07) is 7.48. The zero-order valence-electron chi connectivity index (χ0n) is 11.7. The third kappa shape index (κ3) is 4.28. The first-order chi connectivity index (χ1) is 9.49. The quantitative estimate of drug-likeness (QED) is 0.895. The van der Waals surface area contributed by atoms with Crippen molar-refractivity contribution in [3.63, 3.8) is 0 Å². The number of benzene rings is 1. The summed E-state index contributed by atoms with van der Waals surface area (Å²) in [6.45, 7) is 3.12. The molecule has 1 fully saturated rings. The van der Waals surface area contributed by atoms with E-state index in [1.165, 1.54) is 0 Å². The zero-order valence-corrected chi connectivity index (χ0v) is 14.1. The normalized spacial score (nSPS) is 19.5. The number of hydrogen-bond acceptors (Lipinski definition) is 2. The number of rotatable bonds is 4. The van der Waals surface area contributed by atoms with Crippen LogP contribution in [0, 0.1) is 0 Å². The highest BCUT2D eigenvalue weighted by Crippen LogP contribution is 2.20. The summed E-state index contributed by atoms with van der Waals surface area (Å²) in [5, 5.41) is 0. The Bertz CT molecular complexity index is 540. The Morgan fingerprint density at radius 2 is 1.85 bits per heavy atom. The Kier molecular flexibility index (Phi) is 5.60. The summed E-state index contributed by atoms with van der Waals surface area (Å²) in [6.07, 6.45) is 4.14.